The van der Waals surface area contributed by atoms with Crippen molar-refractivity contribution in [2.24, 2.45) is 10.2 Å². The fourth-order valence-corrected chi connectivity index (χ4v) is 3.02. The Morgan fingerprint density at radius 2 is 1.88 bits per heavy atom. The number of rotatable bonds is 1. The van der Waals surface area contributed by atoms with Gasteiger partial charge in [-0.05, 0) is 18.2 Å². The molecule has 3 aliphatic rings. The second-order valence-electron chi connectivity index (χ2n) is 5.59. The number of nitrogens with one attached hydrogen (secondary N) is 1. The molecule has 7 heteroatoms. The van der Waals surface area contributed by atoms with Crippen LogP contribution < -0.4 is 14.9 Å². The van der Waals surface area contributed by atoms with Crippen molar-refractivity contribution in [2.45, 2.75) is 0 Å². The Bertz CT molecular complexity index is 935. The van der Waals surface area contributed by atoms with Crippen molar-refractivity contribution >= 4 is 17.5 Å². The summed E-state index contributed by atoms with van der Waals surface area (Å²) in [6.45, 7) is 0.367. The SMILES string of the molecule is O=C1CN2N=C(c3ccc4c(c3)OCO4)c3ccccc3C2=NN1. The van der Waals surface area contributed by atoms with E-state index in [0.29, 0.717) is 11.6 Å². The van der Waals surface area contributed by atoms with Gasteiger partial charge in [0.1, 0.15) is 6.54 Å². The lowest BCUT2D eigenvalue weighted by atomic mass is 9.95. The highest BCUT2D eigenvalue weighted by Gasteiger charge is 2.30. The van der Waals surface area contributed by atoms with Crippen molar-refractivity contribution in [3.05, 3.63) is 59.2 Å². The average molecular weight is 320 g/mol. The van der Waals surface area contributed by atoms with Gasteiger partial charge in [-0.1, -0.05) is 24.3 Å². The molecule has 0 fully saturated rings. The van der Waals surface area contributed by atoms with Gasteiger partial charge in [0, 0.05) is 16.7 Å². The van der Waals surface area contributed by atoms with Crippen LogP contribution in [-0.4, -0.2) is 35.8 Å². The lowest BCUT2D eigenvalue weighted by molar-refractivity contribution is -0.122. The lowest BCUT2D eigenvalue weighted by Gasteiger charge is -2.30. The minimum absolute atomic E-state index is 0.140. The summed E-state index contributed by atoms with van der Waals surface area (Å²) in [6.07, 6.45) is 0. The summed E-state index contributed by atoms with van der Waals surface area (Å²) < 4.78 is 10.8. The van der Waals surface area contributed by atoms with Crippen molar-refractivity contribution in [1.29, 1.82) is 0 Å². The largest absolute Gasteiger partial charge is 0.454 e. The summed E-state index contributed by atoms with van der Waals surface area (Å²) in [5.74, 6) is 1.88. The molecule has 2 aromatic carbocycles. The predicted octanol–water partition coefficient (Wildman–Crippen LogP) is 1.27. The van der Waals surface area contributed by atoms with Crippen LogP contribution in [0.2, 0.25) is 0 Å². The average Bonchev–Trinajstić information content (AvgIpc) is 3.08. The third kappa shape index (κ3) is 1.88. The van der Waals surface area contributed by atoms with Crippen LogP contribution in [0, 0.1) is 0 Å². The zero-order valence-electron chi connectivity index (χ0n) is 12.5. The zero-order valence-corrected chi connectivity index (χ0v) is 12.5. The summed E-state index contributed by atoms with van der Waals surface area (Å²) in [4.78, 5) is 11.7. The Hall–Kier alpha value is -3.35. The molecule has 2 aromatic rings. The first-order chi connectivity index (χ1) is 11.8. The monoisotopic (exact) mass is 320 g/mol. The molecular weight excluding hydrogens is 308 g/mol. The molecule has 1 amide bonds. The van der Waals surface area contributed by atoms with Gasteiger partial charge in [0.15, 0.2) is 17.3 Å². The molecule has 0 bridgehead atoms. The van der Waals surface area contributed by atoms with E-state index in [9.17, 15) is 4.79 Å². The van der Waals surface area contributed by atoms with E-state index in [1.54, 1.807) is 5.01 Å². The van der Waals surface area contributed by atoms with Gasteiger partial charge in [-0.2, -0.15) is 10.2 Å². The van der Waals surface area contributed by atoms with E-state index in [1.165, 1.54) is 0 Å². The number of carbonyl (C=O) groups excluding carboxylic acids is 1. The van der Waals surface area contributed by atoms with Crippen molar-refractivity contribution < 1.29 is 14.3 Å². The van der Waals surface area contributed by atoms with E-state index in [0.717, 1.165) is 28.2 Å². The molecule has 0 saturated carbocycles. The summed E-state index contributed by atoms with van der Waals surface area (Å²) in [6, 6.07) is 13.6. The fraction of sp³-hybridized carbons (Fsp3) is 0.118. The van der Waals surface area contributed by atoms with Gasteiger partial charge in [0.25, 0.3) is 5.91 Å². The predicted molar refractivity (Wildman–Crippen MR) is 86.0 cm³/mol. The van der Waals surface area contributed by atoms with Crippen LogP contribution in [0.1, 0.15) is 16.7 Å². The van der Waals surface area contributed by atoms with Crippen LogP contribution in [0.3, 0.4) is 0 Å². The molecule has 0 aromatic heterocycles. The van der Waals surface area contributed by atoms with Gasteiger partial charge in [0.05, 0.1) is 5.71 Å². The number of hydrogen-bond donors (Lipinski definition) is 1. The number of fused-ring (bicyclic) bond motifs is 4. The molecule has 0 unspecified atom stereocenters. The first-order valence-electron chi connectivity index (χ1n) is 7.52. The number of nitrogens with zero attached hydrogens (tertiary/aromatic N) is 3. The Kier molecular flexibility index (Phi) is 2.64. The molecule has 3 aliphatic heterocycles. The number of benzene rings is 2. The number of amidine groups is 1. The van der Waals surface area contributed by atoms with Crippen molar-refractivity contribution in [3.8, 4) is 11.5 Å². The molecule has 24 heavy (non-hydrogen) atoms. The van der Waals surface area contributed by atoms with Crippen molar-refractivity contribution in [1.82, 2.24) is 10.4 Å². The number of ether oxygens (including phenoxy) is 2. The van der Waals surface area contributed by atoms with Crippen LogP contribution in [0.5, 0.6) is 11.5 Å². The van der Waals surface area contributed by atoms with Gasteiger partial charge < -0.3 is 9.47 Å². The van der Waals surface area contributed by atoms with Crippen LogP contribution in [0.4, 0.5) is 0 Å². The maximum atomic E-state index is 11.7. The van der Waals surface area contributed by atoms with Gasteiger partial charge >= 0.3 is 0 Å². The number of hydrogen-bond acceptors (Lipinski definition) is 6. The third-order valence-corrected chi connectivity index (χ3v) is 4.11. The maximum absolute atomic E-state index is 11.7. The van der Waals surface area contributed by atoms with Crippen LogP contribution in [0.15, 0.2) is 52.7 Å². The summed E-state index contributed by atoms with van der Waals surface area (Å²) in [5.41, 5.74) is 6.08. The maximum Gasteiger partial charge on any atom is 0.261 e. The van der Waals surface area contributed by atoms with E-state index < -0.39 is 0 Å². The molecule has 0 spiro atoms. The summed E-state index contributed by atoms with van der Waals surface area (Å²) in [7, 11) is 0. The smallest absolute Gasteiger partial charge is 0.261 e. The normalized spacial score (nSPS) is 17.5. The van der Waals surface area contributed by atoms with E-state index in [2.05, 4.69) is 15.6 Å². The van der Waals surface area contributed by atoms with Crippen LogP contribution >= 0.6 is 0 Å². The molecule has 3 heterocycles. The van der Waals surface area contributed by atoms with E-state index >= 15 is 0 Å². The van der Waals surface area contributed by atoms with Gasteiger partial charge in [-0.3, -0.25) is 4.79 Å². The summed E-state index contributed by atoms with van der Waals surface area (Å²) in [5, 5.41) is 10.4. The quantitative estimate of drug-likeness (QED) is 0.859. The molecule has 5 rings (SSSR count). The third-order valence-electron chi connectivity index (χ3n) is 4.11. The van der Waals surface area contributed by atoms with Gasteiger partial charge in [-0.25, -0.2) is 10.4 Å². The number of carbonyl (C=O) groups is 1. The summed E-state index contributed by atoms with van der Waals surface area (Å²) >= 11 is 0. The second-order valence-corrected chi connectivity index (χ2v) is 5.59. The number of hydrazone groups is 2. The van der Waals surface area contributed by atoms with Crippen molar-refractivity contribution in [3.63, 3.8) is 0 Å². The second kappa shape index (κ2) is 4.82. The standard InChI is InChI=1S/C17H12N4O3/c22-15-8-21-17(19-18-15)12-4-2-1-3-11(12)16(20-21)10-5-6-13-14(7-10)24-9-23-13/h1-7H,8-9H2,(H,18,22). The molecule has 0 aliphatic carbocycles. The van der Waals surface area contributed by atoms with E-state index in [-0.39, 0.29) is 19.2 Å². The van der Waals surface area contributed by atoms with Crippen molar-refractivity contribution in [2.75, 3.05) is 13.3 Å². The minimum atomic E-state index is -0.188. The molecule has 0 saturated heterocycles. The highest BCUT2D eigenvalue weighted by atomic mass is 16.7. The van der Waals surface area contributed by atoms with E-state index in [4.69, 9.17) is 9.47 Å². The number of amides is 1. The molecular formula is C17H12N4O3. The lowest BCUT2D eigenvalue weighted by Crippen LogP contribution is -2.45. The van der Waals surface area contributed by atoms with Gasteiger partial charge in [0.2, 0.25) is 6.79 Å². The highest BCUT2D eigenvalue weighted by Crippen LogP contribution is 2.34. The van der Waals surface area contributed by atoms with Gasteiger partial charge in [-0.15, -0.1) is 0 Å². The molecule has 0 atom stereocenters. The van der Waals surface area contributed by atoms with Crippen LogP contribution in [0.25, 0.3) is 0 Å². The Labute approximate surface area is 137 Å². The topological polar surface area (TPSA) is 75.5 Å². The fourth-order valence-electron chi connectivity index (χ4n) is 3.02. The zero-order chi connectivity index (χ0) is 16.1. The first kappa shape index (κ1) is 13.1. The Morgan fingerprint density at radius 3 is 2.79 bits per heavy atom. The molecule has 0 radical (unpaired) electrons. The van der Waals surface area contributed by atoms with Crippen LogP contribution in [-0.2, 0) is 4.79 Å². The molecule has 7 nitrogen and oxygen atoms in total. The molecule has 1 N–H and O–H groups in total. The van der Waals surface area contributed by atoms with E-state index in [1.807, 2.05) is 42.5 Å². The Balaban J connectivity index is 1.69. The molecule has 118 valence electrons. The Morgan fingerprint density at radius 1 is 1.04 bits per heavy atom. The first-order valence-corrected chi connectivity index (χ1v) is 7.52. The minimum Gasteiger partial charge on any atom is -0.454 e. The highest BCUT2D eigenvalue weighted by molar-refractivity contribution is 6.22.